The van der Waals surface area contributed by atoms with Gasteiger partial charge >= 0.3 is 0 Å². The predicted molar refractivity (Wildman–Crippen MR) is 96.2 cm³/mol. The van der Waals surface area contributed by atoms with Gasteiger partial charge in [0.05, 0.1) is 0 Å². The van der Waals surface area contributed by atoms with E-state index in [1.807, 2.05) is 13.0 Å². The Morgan fingerprint density at radius 1 is 1.26 bits per heavy atom. The van der Waals surface area contributed by atoms with Crippen molar-refractivity contribution in [1.82, 2.24) is 15.1 Å². The molecule has 1 unspecified atom stereocenters. The third-order valence-electron chi connectivity index (χ3n) is 4.53. The van der Waals surface area contributed by atoms with E-state index in [4.69, 9.17) is 11.6 Å². The summed E-state index contributed by atoms with van der Waals surface area (Å²) in [4.78, 5) is 17.3. The number of piperazine rings is 1. The van der Waals surface area contributed by atoms with Crippen molar-refractivity contribution in [2.24, 2.45) is 5.92 Å². The molecule has 4 nitrogen and oxygen atoms in total. The predicted octanol–water partition coefficient (Wildman–Crippen LogP) is 2.65. The Morgan fingerprint density at radius 3 is 2.52 bits per heavy atom. The van der Waals surface area contributed by atoms with Crippen LogP contribution in [0.1, 0.15) is 29.8 Å². The van der Waals surface area contributed by atoms with Gasteiger partial charge in [0.25, 0.3) is 5.91 Å². The van der Waals surface area contributed by atoms with Crippen molar-refractivity contribution in [2.45, 2.75) is 20.8 Å². The number of nitrogens with zero attached hydrogens (tertiary/aromatic N) is 2. The molecule has 0 aromatic heterocycles. The lowest BCUT2D eigenvalue weighted by atomic mass is 10.1. The first-order chi connectivity index (χ1) is 11.0. The fourth-order valence-electron chi connectivity index (χ4n) is 3.04. The van der Waals surface area contributed by atoms with E-state index >= 15 is 0 Å². The molecule has 128 valence electrons. The van der Waals surface area contributed by atoms with Crippen molar-refractivity contribution in [1.29, 1.82) is 0 Å². The summed E-state index contributed by atoms with van der Waals surface area (Å²) >= 11 is 5.94. The van der Waals surface area contributed by atoms with Gasteiger partial charge in [-0.2, -0.15) is 0 Å². The van der Waals surface area contributed by atoms with Crippen LogP contribution in [-0.4, -0.2) is 61.5 Å². The van der Waals surface area contributed by atoms with Gasteiger partial charge in [0.15, 0.2) is 0 Å². The zero-order chi connectivity index (χ0) is 16.8. The third-order valence-corrected chi connectivity index (χ3v) is 4.76. The van der Waals surface area contributed by atoms with E-state index in [2.05, 4.69) is 29.0 Å². The Balaban J connectivity index is 1.75. The zero-order valence-corrected chi connectivity index (χ0v) is 15.2. The lowest BCUT2D eigenvalue weighted by molar-refractivity contribution is 0.0933. The van der Waals surface area contributed by atoms with Crippen molar-refractivity contribution in [3.8, 4) is 0 Å². The fraction of sp³-hybridized carbons (Fsp3) is 0.611. The molecule has 23 heavy (non-hydrogen) atoms. The van der Waals surface area contributed by atoms with Crippen LogP contribution in [0.4, 0.5) is 0 Å². The number of halogens is 1. The molecular formula is C18H28ClN3O. The molecule has 1 atom stereocenters. The van der Waals surface area contributed by atoms with Crippen molar-refractivity contribution in [3.63, 3.8) is 0 Å². The SMILES string of the molecule is CCN1CCN(CC(C)CNC(=O)c2ccc(Cl)cc2C)CC1. The second-order valence-electron chi connectivity index (χ2n) is 6.51. The number of amides is 1. The summed E-state index contributed by atoms with van der Waals surface area (Å²) in [6.45, 7) is 13.8. The largest absolute Gasteiger partial charge is 0.352 e. The normalized spacial score (nSPS) is 17.9. The number of benzene rings is 1. The van der Waals surface area contributed by atoms with Crippen molar-refractivity contribution >= 4 is 17.5 Å². The maximum atomic E-state index is 12.3. The third kappa shape index (κ3) is 5.48. The minimum absolute atomic E-state index is 0.0122. The molecule has 1 aromatic rings. The molecule has 1 heterocycles. The van der Waals surface area contributed by atoms with Gasteiger partial charge in [0, 0.05) is 49.9 Å². The number of hydrogen-bond donors (Lipinski definition) is 1. The summed E-state index contributed by atoms with van der Waals surface area (Å²) in [6, 6.07) is 5.38. The summed E-state index contributed by atoms with van der Waals surface area (Å²) in [5.74, 6) is 0.432. The van der Waals surface area contributed by atoms with Gasteiger partial charge in [-0.05, 0) is 43.1 Å². The number of hydrogen-bond acceptors (Lipinski definition) is 3. The van der Waals surface area contributed by atoms with Crippen LogP contribution in [0.2, 0.25) is 5.02 Å². The molecule has 1 saturated heterocycles. The molecule has 0 bridgehead atoms. The first-order valence-corrected chi connectivity index (χ1v) is 8.86. The summed E-state index contributed by atoms with van der Waals surface area (Å²) in [6.07, 6.45) is 0. The topological polar surface area (TPSA) is 35.6 Å². The smallest absolute Gasteiger partial charge is 0.251 e. The number of rotatable bonds is 6. The molecule has 0 saturated carbocycles. The highest BCUT2D eigenvalue weighted by Gasteiger charge is 2.18. The van der Waals surface area contributed by atoms with Crippen molar-refractivity contribution < 1.29 is 4.79 Å². The van der Waals surface area contributed by atoms with Crippen LogP contribution >= 0.6 is 11.6 Å². The van der Waals surface area contributed by atoms with E-state index in [9.17, 15) is 4.79 Å². The summed E-state index contributed by atoms with van der Waals surface area (Å²) < 4.78 is 0. The molecule has 0 spiro atoms. The molecule has 1 aliphatic rings. The molecule has 2 rings (SSSR count). The molecule has 0 radical (unpaired) electrons. The van der Waals surface area contributed by atoms with E-state index in [1.54, 1.807) is 12.1 Å². The summed E-state index contributed by atoms with van der Waals surface area (Å²) in [5.41, 5.74) is 1.62. The van der Waals surface area contributed by atoms with Crippen LogP contribution in [0.15, 0.2) is 18.2 Å². The van der Waals surface area contributed by atoms with E-state index in [-0.39, 0.29) is 5.91 Å². The first kappa shape index (κ1) is 18.2. The Morgan fingerprint density at radius 2 is 1.91 bits per heavy atom. The Hall–Kier alpha value is -1.10. The zero-order valence-electron chi connectivity index (χ0n) is 14.4. The van der Waals surface area contributed by atoms with Crippen LogP contribution < -0.4 is 5.32 Å². The molecule has 1 aromatic carbocycles. The summed E-state index contributed by atoms with van der Waals surface area (Å²) in [7, 11) is 0. The average molecular weight is 338 g/mol. The molecule has 1 N–H and O–H groups in total. The number of nitrogens with one attached hydrogen (secondary N) is 1. The number of likely N-dealkylation sites (N-methyl/N-ethyl adjacent to an activating group) is 1. The molecule has 1 amide bonds. The van der Waals surface area contributed by atoms with E-state index in [0.29, 0.717) is 23.0 Å². The highest BCUT2D eigenvalue weighted by Crippen LogP contribution is 2.15. The maximum Gasteiger partial charge on any atom is 0.251 e. The summed E-state index contributed by atoms with van der Waals surface area (Å²) in [5, 5.41) is 3.71. The lowest BCUT2D eigenvalue weighted by Gasteiger charge is -2.35. The van der Waals surface area contributed by atoms with Gasteiger partial charge in [-0.1, -0.05) is 25.4 Å². The Bertz CT molecular complexity index is 527. The molecule has 0 aliphatic carbocycles. The van der Waals surface area contributed by atoms with Crippen molar-refractivity contribution in [3.05, 3.63) is 34.3 Å². The Kier molecular flexibility index (Phi) is 6.88. The van der Waals surface area contributed by atoms with E-state index in [1.165, 1.54) is 0 Å². The first-order valence-electron chi connectivity index (χ1n) is 8.48. The standard InChI is InChI=1S/C18H28ClN3O/c1-4-21-7-9-22(10-8-21)13-14(2)12-20-18(23)17-6-5-16(19)11-15(17)3/h5-6,11,14H,4,7-10,12-13H2,1-3H3,(H,20,23). The van der Waals surface area contributed by atoms with Crippen molar-refractivity contribution in [2.75, 3.05) is 45.8 Å². The molecule has 1 aliphatic heterocycles. The Labute approximate surface area is 144 Å². The van der Waals surface area contributed by atoms with Gasteiger partial charge in [-0.3, -0.25) is 4.79 Å². The van der Waals surface area contributed by atoms with E-state index < -0.39 is 0 Å². The van der Waals surface area contributed by atoms with Crippen LogP contribution in [0.3, 0.4) is 0 Å². The van der Waals surface area contributed by atoms with Gasteiger partial charge in [-0.25, -0.2) is 0 Å². The minimum Gasteiger partial charge on any atom is -0.352 e. The number of carbonyl (C=O) groups excluding carboxylic acids is 1. The highest BCUT2D eigenvalue weighted by atomic mass is 35.5. The van der Waals surface area contributed by atoms with Gasteiger partial charge in [0.1, 0.15) is 0 Å². The van der Waals surface area contributed by atoms with Crippen LogP contribution in [0.5, 0.6) is 0 Å². The van der Waals surface area contributed by atoms with Crippen LogP contribution in [0, 0.1) is 12.8 Å². The van der Waals surface area contributed by atoms with Crippen LogP contribution in [0.25, 0.3) is 0 Å². The molecule has 1 fully saturated rings. The van der Waals surface area contributed by atoms with Crippen LogP contribution in [-0.2, 0) is 0 Å². The van der Waals surface area contributed by atoms with Gasteiger partial charge in [0.2, 0.25) is 0 Å². The number of carbonyl (C=O) groups is 1. The minimum atomic E-state index is -0.0122. The average Bonchev–Trinajstić information content (AvgIpc) is 2.53. The van der Waals surface area contributed by atoms with E-state index in [0.717, 1.165) is 44.8 Å². The number of aryl methyl sites for hydroxylation is 1. The fourth-order valence-corrected chi connectivity index (χ4v) is 3.26. The maximum absolute atomic E-state index is 12.3. The van der Waals surface area contributed by atoms with Gasteiger partial charge in [-0.15, -0.1) is 0 Å². The molecule has 5 heteroatoms. The molecular weight excluding hydrogens is 310 g/mol. The second-order valence-corrected chi connectivity index (χ2v) is 6.95. The monoisotopic (exact) mass is 337 g/mol. The highest BCUT2D eigenvalue weighted by molar-refractivity contribution is 6.30. The second kappa shape index (κ2) is 8.67. The lowest BCUT2D eigenvalue weighted by Crippen LogP contribution is -2.48. The van der Waals surface area contributed by atoms with Gasteiger partial charge < -0.3 is 15.1 Å². The quantitative estimate of drug-likeness (QED) is 0.866.